The number of rotatable bonds is 3. The molecule has 0 spiro atoms. The van der Waals surface area contributed by atoms with Crippen molar-refractivity contribution in [1.29, 1.82) is 0 Å². The summed E-state index contributed by atoms with van der Waals surface area (Å²) in [6.45, 7) is 0. The van der Waals surface area contributed by atoms with Crippen molar-refractivity contribution in [3.63, 3.8) is 0 Å². The van der Waals surface area contributed by atoms with Crippen LogP contribution in [0.15, 0.2) is 0 Å². The van der Waals surface area contributed by atoms with Gasteiger partial charge in [-0.2, -0.15) is 0 Å². The van der Waals surface area contributed by atoms with Crippen LogP contribution in [0.2, 0.25) is 0 Å². The van der Waals surface area contributed by atoms with Gasteiger partial charge in [-0.25, -0.2) is 0 Å². The Morgan fingerprint density at radius 3 is 1.12 bits per heavy atom. The van der Waals surface area contributed by atoms with E-state index in [1.165, 1.54) is 21.3 Å². The van der Waals surface area contributed by atoms with Crippen LogP contribution < -0.4 is 18.9 Å². The summed E-state index contributed by atoms with van der Waals surface area (Å²) in [6, 6.07) is 0. The zero-order valence-corrected chi connectivity index (χ0v) is 5.80. The minimum Gasteiger partial charge on any atom is -0.389 e. The van der Waals surface area contributed by atoms with Crippen molar-refractivity contribution in [2.75, 3.05) is 21.3 Å². The zero-order valence-electron chi connectivity index (χ0n) is 5.80. The second-order valence-corrected chi connectivity index (χ2v) is 0.996. The molecule has 0 aromatic rings. The van der Waals surface area contributed by atoms with E-state index in [1.54, 1.807) is 0 Å². The Labute approximate surface area is 62.0 Å². The second-order valence-electron chi connectivity index (χ2n) is 0.996. The molecule has 0 aromatic carbocycles. The third-order valence-electron chi connectivity index (χ3n) is 0.577. The Morgan fingerprint density at radius 1 is 0.875 bits per heavy atom. The molecule has 0 heterocycles. The molecule has 0 aromatic heterocycles. The topological polar surface area (TPSA) is 27.7 Å². The normalized spacial score (nSPS) is 7.88. The van der Waals surface area contributed by atoms with Crippen LogP contribution in [0, 0.1) is 0 Å². The number of hydrogen-bond acceptors (Lipinski definition) is 3. The summed E-state index contributed by atoms with van der Waals surface area (Å²) in [4.78, 5) is 0. The van der Waals surface area contributed by atoms with E-state index in [-0.39, 0.29) is 18.9 Å². The van der Waals surface area contributed by atoms with Crippen molar-refractivity contribution < 1.29 is 32.8 Å². The first-order chi connectivity index (χ1) is 3.35. The van der Waals surface area contributed by atoms with Gasteiger partial charge in [-0.1, -0.05) is 0 Å². The van der Waals surface area contributed by atoms with Crippen LogP contribution in [0.3, 0.4) is 0 Å². The van der Waals surface area contributed by atoms with Crippen LogP contribution in [-0.4, -0.2) is 28.7 Å². The standard InChI is InChI=1S/C3H9BO3.Li/c1-5-4(6-2)7-3;/h1-3H3;/q;+1. The van der Waals surface area contributed by atoms with Crippen LogP contribution in [0.25, 0.3) is 0 Å². The fourth-order valence-corrected chi connectivity index (χ4v) is 0.289. The van der Waals surface area contributed by atoms with Gasteiger partial charge in [0.05, 0.1) is 0 Å². The molecule has 0 fully saturated rings. The molecule has 8 heavy (non-hydrogen) atoms. The molecule has 0 aliphatic carbocycles. The summed E-state index contributed by atoms with van der Waals surface area (Å²) in [5, 5.41) is 0. The maximum atomic E-state index is 4.60. The maximum absolute atomic E-state index is 4.60. The van der Waals surface area contributed by atoms with E-state index in [0.717, 1.165) is 0 Å². The molecular weight excluding hydrogens is 102 g/mol. The summed E-state index contributed by atoms with van der Waals surface area (Å²) >= 11 is 0. The van der Waals surface area contributed by atoms with Crippen LogP contribution in [0.4, 0.5) is 0 Å². The maximum Gasteiger partial charge on any atom is 1.00 e. The van der Waals surface area contributed by atoms with Crippen molar-refractivity contribution >= 4 is 7.32 Å². The summed E-state index contributed by atoms with van der Waals surface area (Å²) in [6.07, 6.45) is 0. The summed E-state index contributed by atoms with van der Waals surface area (Å²) < 4.78 is 13.8. The van der Waals surface area contributed by atoms with Gasteiger partial charge < -0.3 is 14.0 Å². The second kappa shape index (κ2) is 7.54. The predicted octanol–water partition coefficient (Wildman–Crippen LogP) is -3.09. The van der Waals surface area contributed by atoms with Gasteiger partial charge in [-0.05, 0) is 0 Å². The summed E-state index contributed by atoms with van der Waals surface area (Å²) in [7, 11) is 4.02. The van der Waals surface area contributed by atoms with Crippen molar-refractivity contribution in [2.24, 2.45) is 0 Å². The molecule has 0 bridgehead atoms. The van der Waals surface area contributed by atoms with Gasteiger partial charge in [-0.3, -0.25) is 0 Å². The van der Waals surface area contributed by atoms with Gasteiger partial charge in [0.15, 0.2) is 0 Å². The Balaban J connectivity index is 0. The van der Waals surface area contributed by atoms with Gasteiger partial charge >= 0.3 is 26.2 Å². The van der Waals surface area contributed by atoms with Crippen LogP contribution >= 0.6 is 0 Å². The minimum atomic E-state index is -0.514. The molecule has 0 unspecified atom stereocenters. The molecule has 5 heteroatoms. The Bertz CT molecular complexity index is 36.0. The molecule has 0 aliphatic heterocycles. The predicted molar refractivity (Wildman–Crippen MR) is 26.8 cm³/mol. The first-order valence-electron chi connectivity index (χ1n) is 1.93. The Morgan fingerprint density at radius 2 is 1.12 bits per heavy atom. The third kappa shape index (κ3) is 4.70. The fourth-order valence-electron chi connectivity index (χ4n) is 0.289. The van der Waals surface area contributed by atoms with Gasteiger partial charge in [0, 0.05) is 21.3 Å². The van der Waals surface area contributed by atoms with E-state index < -0.39 is 7.32 Å². The van der Waals surface area contributed by atoms with E-state index in [4.69, 9.17) is 0 Å². The van der Waals surface area contributed by atoms with Gasteiger partial charge in [0.25, 0.3) is 0 Å². The average Bonchev–Trinajstić information content (AvgIpc) is 1.72. The summed E-state index contributed by atoms with van der Waals surface area (Å²) in [5.41, 5.74) is 0. The van der Waals surface area contributed by atoms with Crippen molar-refractivity contribution in [3.05, 3.63) is 0 Å². The van der Waals surface area contributed by atoms with E-state index in [9.17, 15) is 0 Å². The quantitative estimate of drug-likeness (QED) is 0.361. The van der Waals surface area contributed by atoms with E-state index >= 15 is 0 Å². The van der Waals surface area contributed by atoms with Crippen molar-refractivity contribution in [1.82, 2.24) is 0 Å². The molecule has 0 aliphatic rings. The monoisotopic (exact) mass is 111 g/mol. The molecule has 0 saturated carbocycles. The molecule has 0 rings (SSSR count). The Kier molecular flexibility index (Phi) is 10.7. The van der Waals surface area contributed by atoms with Gasteiger partial charge in [0.1, 0.15) is 0 Å². The van der Waals surface area contributed by atoms with Crippen molar-refractivity contribution in [2.45, 2.75) is 0 Å². The zero-order chi connectivity index (χ0) is 5.70. The molecular formula is C3H9BLiO3+. The largest absolute Gasteiger partial charge is 1.00 e. The first kappa shape index (κ1) is 11.4. The molecule has 42 valence electrons. The Hall–Kier alpha value is 0.542. The molecule has 0 radical (unpaired) electrons. The average molecular weight is 111 g/mol. The summed E-state index contributed by atoms with van der Waals surface area (Å²) in [5.74, 6) is 0. The minimum absolute atomic E-state index is 0. The van der Waals surface area contributed by atoms with E-state index in [2.05, 4.69) is 14.0 Å². The van der Waals surface area contributed by atoms with Crippen molar-refractivity contribution in [3.8, 4) is 0 Å². The smallest absolute Gasteiger partial charge is 0.389 e. The molecule has 0 atom stereocenters. The van der Waals surface area contributed by atoms with Crippen LogP contribution in [-0.2, 0) is 14.0 Å². The number of hydrogen-bond donors (Lipinski definition) is 0. The van der Waals surface area contributed by atoms with E-state index in [1.807, 2.05) is 0 Å². The van der Waals surface area contributed by atoms with Gasteiger partial charge in [0.2, 0.25) is 0 Å². The fraction of sp³-hybridized carbons (Fsp3) is 1.00. The first-order valence-corrected chi connectivity index (χ1v) is 1.93. The molecule has 0 N–H and O–H groups in total. The van der Waals surface area contributed by atoms with Gasteiger partial charge in [-0.15, -0.1) is 0 Å². The molecule has 0 saturated heterocycles. The van der Waals surface area contributed by atoms with E-state index in [0.29, 0.717) is 0 Å². The third-order valence-corrected chi connectivity index (χ3v) is 0.577. The molecule has 3 nitrogen and oxygen atoms in total. The van der Waals surface area contributed by atoms with Crippen LogP contribution in [0.1, 0.15) is 0 Å². The SMILES string of the molecule is COB(OC)OC.[Li+]. The molecule has 0 amide bonds. The van der Waals surface area contributed by atoms with Crippen LogP contribution in [0.5, 0.6) is 0 Å².